The summed E-state index contributed by atoms with van der Waals surface area (Å²) in [5, 5.41) is 0. The zero-order valence-electron chi connectivity index (χ0n) is 10.5. The third-order valence-corrected chi connectivity index (χ3v) is 2.69. The first-order chi connectivity index (χ1) is 8.60. The molecule has 0 heterocycles. The third-order valence-electron chi connectivity index (χ3n) is 2.69. The van der Waals surface area contributed by atoms with Gasteiger partial charge in [-0.3, -0.25) is 14.4 Å². The summed E-state index contributed by atoms with van der Waals surface area (Å²) in [6, 6.07) is 8.44. The Morgan fingerprint density at radius 2 is 1.78 bits per heavy atom. The molecule has 0 spiro atoms. The van der Waals surface area contributed by atoms with E-state index in [-0.39, 0.29) is 18.0 Å². The SMILES string of the molecule is CCC(=O)CC(C(=O)OC)C(=O)c1ccccc1. The van der Waals surface area contributed by atoms with E-state index in [9.17, 15) is 14.4 Å². The fourth-order valence-electron chi connectivity index (χ4n) is 1.60. The standard InChI is InChI=1S/C14H16O4/c1-3-11(15)9-12(14(17)18-2)13(16)10-7-5-4-6-8-10/h4-8,12H,3,9H2,1-2H3. The first-order valence-corrected chi connectivity index (χ1v) is 5.79. The van der Waals surface area contributed by atoms with E-state index in [4.69, 9.17) is 0 Å². The number of hydrogen-bond acceptors (Lipinski definition) is 4. The quantitative estimate of drug-likeness (QED) is 0.439. The molecule has 18 heavy (non-hydrogen) atoms. The highest BCUT2D eigenvalue weighted by molar-refractivity contribution is 6.10. The van der Waals surface area contributed by atoms with Crippen LogP contribution in [0.25, 0.3) is 0 Å². The molecule has 1 atom stereocenters. The largest absolute Gasteiger partial charge is 0.468 e. The molecule has 4 nitrogen and oxygen atoms in total. The molecule has 1 aromatic rings. The van der Waals surface area contributed by atoms with E-state index < -0.39 is 11.9 Å². The molecule has 0 radical (unpaired) electrons. The van der Waals surface area contributed by atoms with Crippen LogP contribution in [0, 0.1) is 5.92 Å². The molecule has 1 unspecified atom stereocenters. The third kappa shape index (κ3) is 3.52. The number of ketones is 2. The van der Waals surface area contributed by atoms with Crippen LogP contribution in [0.3, 0.4) is 0 Å². The van der Waals surface area contributed by atoms with Gasteiger partial charge in [-0.05, 0) is 0 Å². The van der Waals surface area contributed by atoms with Crippen molar-refractivity contribution in [2.24, 2.45) is 5.92 Å². The van der Waals surface area contributed by atoms with Gasteiger partial charge >= 0.3 is 5.97 Å². The second-order valence-corrected chi connectivity index (χ2v) is 3.90. The molecule has 1 aromatic carbocycles. The van der Waals surface area contributed by atoms with Gasteiger partial charge in [-0.2, -0.15) is 0 Å². The van der Waals surface area contributed by atoms with Gasteiger partial charge in [0.2, 0.25) is 0 Å². The highest BCUT2D eigenvalue weighted by atomic mass is 16.5. The molecule has 0 bridgehead atoms. The minimum atomic E-state index is -1.04. The number of rotatable bonds is 6. The lowest BCUT2D eigenvalue weighted by molar-refractivity contribution is -0.145. The first kappa shape index (κ1) is 14.1. The maximum Gasteiger partial charge on any atom is 0.317 e. The highest BCUT2D eigenvalue weighted by Crippen LogP contribution is 2.15. The summed E-state index contributed by atoms with van der Waals surface area (Å²) in [5.41, 5.74) is 0.414. The molecule has 0 aromatic heterocycles. The fourth-order valence-corrected chi connectivity index (χ4v) is 1.60. The van der Waals surface area contributed by atoms with Crippen molar-refractivity contribution in [3.8, 4) is 0 Å². The lowest BCUT2D eigenvalue weighted by Crippen LogP contribution is -2.27. The lowest BCUT2D eigenvalue weighted by Gasteiger charge is -2.12. The Balaban J connectivity index is 2.93. The molecule has 0 fully saturated rings. The Labute approximate surface area is 106 Å². The van der Waals surface area contributed by atoms with E-state index in [1.54, 1.807) is 37.3 Å². The molecule has 96 valence electrons. The number of ether oxygens (including phenoxy) is 1. The monoisotopic (exact) mass is 248 g/mol. The molecule has 0 N–H and O–H groups in total. The minimum Gasteiger partial charge on any atom is -0.468 e. The van der Waals surface area contributed by atoms with Crippen LogP contribution < -0.4 is 0 Å². The van der Waals surface area contributed by atoms with Crippen LogP contribution in [0.5, 0.6) is 0 Å². The van der Waals surface area contributed by atoms with Crippen LogP contribution in [-0.4, -0.2) is 24.6 Å². The maximum atomic E-state index is 12.1. The summed E-state index contributed by atoms with van der Waals surface area (Å²) >= 11 is 0. The number of carbonyl (C=O) groups is 3. The predicted octanol–water partition coefficient (Wildman–Crippen LogP) is 2.03. The van der Waals surface area contributed by atoms with E-state index in [1.165, 1.54) is 7.11 Å². The van der Waals surface area contributed by atoms with E-state index in [2.05, 4.69) is 4.74 Å². The van der Waals surface area contributed by atoms with Gasteiger partial charge in [-0.25, -0.2) is 0 Å². The van der Waals surface area contributed by atoms with E-state index in [0.717, 1.165) is 0 Å². The van der Waals surface area contributed by atoms with Gasteiger partial charge in [-0.15, -0.1) is 0 Å². The fraction of sp³-hybridized carbons (Fsp3) is 0.357. The Morgan fingerprint density at radius 3 is 2.28 bits per heavy atom. The Hall–Kier alpha value is -1.97. The van der Waals surface area contributed by atoms with E-state index in [0.29, 0.717) is 12.0 Å². The number of carbonyl (C=O) groups excluding carboxylic acids is 3. The summed E-state index contributed by atoms with van der Waals surface area (Å²) in [5.74, 6) is -2.20. The highest BCUT2D eigenvalue weighted by Gasteiger charge is 2.30. The van der Waals surface area contributed by atoms with Crippen molar-refractivity contribution in [2.75, 3.05) is 7.11 Å². The summed E-state index contributed by atoms with van der Waals surface area (Å²) in [4.78, 5) is 35.1. The Morgan fingerprint density at radius 1 is 1.17 bits per heavy atom. The molecular weight excluding hydrogens is 232 g/mol. The molecule has 0 aliphatic carbocycles. The second kappa shape index (κ2) is 6.69. The lowest BCUT2D eigenvalue weighted by atomic mass is 9.92. The Bertz CT molecular complexity index is 436. The van der Waals surface area contributed by atoms with Crippen molar-refractivity contribution in [2.45, 2.75) is 19.8 Å². The van der Waals surface area contributed by atoms with Gasteiger partial charge in [-0.1, -0.05) is 37.3 Å². The number of benzene rings is 1. The van der Waals surface area contributed by atoms with Crippen LogP contribution in [0.15, 0.2) is 30.3 Å². The molecular formula is C14H16O4. The van der Waals surface area contributed by atoms with Crippen LogP contribution in [0.1, 0.15) is 30.1 Å². The van der Waals surface area contributed by atoms with Crippen molar-refractivity contribution in [1.82, 2.24) is 0 Å². The number of esters is 1. The van der Waals surface area contributed by atoms with Crippen LogP contribution in [0.4, 0.5) is 0 Å². The summed E-state index contributed by atoms with van der Waals surface area (Å²) < 4.78 is 4.59. The van der Waals surface area contributed by atoms with Gasteiger partial charge in [0.05, 0.1) is 7.11 Å². The average Bonchev–Trinajstić information content (AvgIpc) is 2.43. The topological polar surface area (TPSA) is 60.4 Å². The first-order valence-electron chi connectivity index (χ1n) is 5.79. The van der Waals surface area contributed by atoms with Crippen LogP contribution in [0.2, 0.25) is 0 Å². The molecule has 0 aliphatic rings. The number of hydrogen-bond donors (Lipinski definition) is 0. The van der Waals surface area contributed by atoms with Crippen LogP contribution >= 0.6 is 0 Å². The van der Waals surface area contributed by atoms with Gasteiger partial charge in [0, 0.05) is 18.4 Å². The zero-order chi connectivity index (χ0) is 13.5. The summed E-state index contributed by atoms with van der Waals surface area (Å²) in [7, 11) is 1.21. The maximum absolute atomic E-state index is 12.1. The zero-order valence-corrected chi connectivity index (χ0v) is 10.5. The molecule has 0 aliphatic heterocycles. The molecule has 4 heteroatoms. The minimum absolute atomic E-state index is 0.100. The summed E-state index contributed by atoms with van der Waals surface area (Å²) in [6.45, 7) is 1.70. The van der Waals surface area contributed by atoms with Crippen LogP contribution in [-0.2, 0) is 14.3 Å². The number of Topliss-reactive ketones (excluding diaryl/α,β-unsaturated/α-hetero) is 2. The van der Waals surface area contributed by atoms with Gasteiger partial charge in [0.15, 0.2) is 5.78 Å². The van der Waals surface area contributed by atoms with Crippen molar-refractivity contribution in [3.05, 3.63) is 35.9 Å². The molecule has 0 saturated heterocycles. The predicted molar refractivity (Wildman–Crippen MR) is 66.2 cm³/mol. The smallest absolute Gasteiger partial charge is 0.317 e. The average molecular weight is 248 g/mol. The molecule has 0 saturated carbocycles. The van der Waals surface area contributed by atoms with E-state index in [1.807, 2.05) is 0 Å². The van der Waals surface area contributed by atoms with Gasteiger partial charge in [0.25, 0.3) is 0 Å². The normalized spacial score (nSPS) is 11.7. The second-order valence-electron chi connectivity index (χ2n) is 3.90. The Kier molecular flexibility index (Phi) is 5.24. The van der Waals surface area contributed by atoms with Crippen molar-refractivity contribution >= 4 is 17.5 Å². The molecule has 0 amide bonds. The van der Waals surface area contributed by atoms with Gasteiger partial charge < -0.3 is 4.74 Å². The number of methoxy groups -OCH3 is 1. The van der Waals surface area contributed by atoms with Crippen molar-refractivity contribution < 1.29 is 19.1 Å². The summed E-state index contributed by atoms with van der Waals surface area (Å²) in [6.07, 6.45) is 0.201. The molecule has 1 rings (SSSR count). The van der Waals surface area contributed by atoms with Crippen molar-refractivity contribution in [1.29, 1.82) is 0 Å². The van der Waals surface area contributed by atoms with E-state index >= 15 is 0 Å². The van der Waals surface area contributed by atoms with Gasteiger partial charge in [0.1, 0.15) is 11.7 Å². The van der Waals surface area contributed by atoms with Crippen molar-refractivity contribution in [3.63, 3.8) is 0 Å².